The number of halogens is 3. The van der Waals surface area contributed by atoms with E-state index in [9.17, 15) is 22.8 Å². The molecule has 0 bridgehead atoms. The van der Waals surface area contributed by atoms with Gasteiger partial charge in [-0.2, -0.15) is 13.2 Å². The van der Waals surface area contributed by atoms with Crippen molar-refractivity contribution in [3.05, 3.63) is 47.3 Å². The molecular weight excluding hydrogens is 315 g/mol. The standard InChI is InChI=1S/C14H12F3N3O3/c1-8-6-11(20-23-8)13(22)19-10-5-3-2-4-9(10)12(21)18-7-14(15,16)17/h2-6H,7H2,1H3,(H,18,21)(H,19,22). The van der Waals surface area contributed by atoms with Crippen molar-refractivity contribution >= 4 is 17.5 Å². The molecule has 0 aliphatic carbocycles. The molecule has 2 rings (SSSR count). The fourth-order valence-corrected chi connectivity index (χ4v) is 1.73. The van der Waals surface area contributed by atoms with Crippen molar-refractivity contribution in [2.24, 2.45) is 0 Å². The summed E-state index contributed by atoms with van der Waals surface area (Å²) in [6.07, 6.45) is -4.52. The number of carbonyl (C=O) groups is 2. The van der Waals surface area contributed by atoms with Crippen molar-refractivity contribution in [3.8, 4) is 0 Å². The number of benzene rings is 1. The first-order chi connectivity index (χ1) is 10.8. The van der Waals surface area contributed by atoms with E-state index >= 15 is 0 Å². The van der Waals surface area contributed by atoms with Crippen LogP contribution in [0.15, 0.2) is 34.9 Å². The summed E-state index contributed by atoms with van der Waals surface area (Å²) in [5, 5.41) is 7.68. The van der Waals surface area contributed by atoms with E-state index in [0.717, 1.165) is 0 Å². The van der Waals surface area contributed by atoms with Crippen LogP contribution in [-0.2, 0) is 0 Å². The third-order valence-corrected chi connectivity index (χ3v) is 2.73. The van der Waals surface area contributed by atoms with Crippen LogP contribution in [0.5, 0.6) is 0 Å². The second-order valence-electron chi connectivity index (χ2n) is 4.62. The summed E-state index contributed by atoms with van der Waals surface area (Å²) in [6.45, 7) is 0.138. The zero-order valence-electron chi connectivity index (χ0n) is 11.9. The number of hydrogen-bond acceptors (Lipinski definition) is 4. The van der Waals surface area contributed by atoms with Crippen LogP contribution in [0.25, 0.3) is 0 Å². The second-order valence-corrected chi connectivity index (χ2v) is 4.62. The van der Waals surface area contributed by atoms with Crippen LogP contribution >= 0.6 is 0 Å². The fraction of sp³-hybridized carbons (Fsp3) is 0.214. The van der Waals surface area contributed by atoms with Crippen LogP contribution in [0.2, 0.25) is 0 Å². The van der Waals surface area contributed by atoms with Crippen LogP contribution in [0.4, 0.5) is 18.9 Å². The number of aromatic nitrogens is 1. The van der Waals surface area contributed by atoms with E-state index in [1.807, 2.05) is 0 Å². The summed E-state index contributed by atoms with van der Waals surface area (Å²) in [7, 11) is 0. The van der Waals surface area contributed by atoms with Gasteiger partial charge >= 0.3 is 6.18 Å². The predicted molar refractivity (Wildman–Crippen MR) is 74.0 cm³/mol. The number of para-hydroxylation sites is 1. The molecule has 9 heteroatoms. The first kappa shape index (κ1) is 16.5. The van der Waals surface area contributed by atoms with Gasteiger partial charge in [0.05, 0.1) is 11.3 Å². The van der Waals surface area contributed by atoms with Gasteiger partial charge in [-0.3, -0.25) is 9.59 Å². The lowest BCUT2D eigenvalue weighted by Gasteiger charge is -2.12. The van der Waals surface area contributed by atoms with E-state index < -0.39 is 24.5 Å². The van der Waals surface area contributed by atoms with E-state index in [2.05, 4.69) is 10.5 Å². The van der Waals surface area contributed by atoms with Crippen molar-refractivity contribution in [1.29, 1.82) is 0 Å². The molecule has 1 heterocycles. The van der Waals surface area contributed by atoms with Crippen molar-refractivity contribution in [1.82, 2.24) is 10.5 Å². The SMILES string of the molecule is Cc1cc(C(=O)Nc2ccccc2C(=O)NCC(F)(F)F)no1. The molecule has 0 spiro atoms. The third kappa shape index (κ3) is 4.56. The van der Waals surface area contributed by atoms with Gasteiger partial charge < -0.3 is 15.2 Å². The highest BCUT2D eigenvalue weighted by molar-refractivity contribution is 6.08. The number of nitrogens with one attached hydrogen (secondary N) is 2. The van der Waals surface area contributed by atoms with E-state index in [1.54, 1.807) is 12.2 Å². The third-order valence-electron chi connectivity index (χ3n) is 2.73. The molecule has 0 atom stereocenters. The highest BCUT2D eigenvalue weighted by Crippen LogP contribution is 2.18. The van der Waals surface area contributed by atoms with Gasteiger partial charge in [0, 0.05) is 6.07 Å². The molecule has 0 saturated carbocycles. The Morgan fingerprint density at radius 3 is 2.52 bits per heavy atom. The molecule has 0 saturated heterocycles. The lowest BCUT2D eigenvalue weighted by molar-refractivity contribution is -0.123. The van der Waals surface area contributed by atoms with Gasteiger partial charge in [0.2, 0.25) is 0 Å². The molecule has 0 aliphatic rings. The first-order valence-corrected chi connectivity index (χ1v) is 6.45. The summed E-state index contributed by atoms with van der Waals surface area (Å²) >= 11 is 0. The zero-order chi connectivity index (χ0) is 17.0. The highest BCUT2D eigenvalue weighted by Gasteiger charge is 2.28. The minimum atomic E-state index is -4.52. The maximum absolute atomic E-state index is 12.2. The van der Waals surface area contributed by atoms with Crippen molar-refractivity contribution in [2.45, 2.75) is 13.1 Å². The lowest BCUT2D eigenvalue weighted by Crippen LogP contribution is -2.34. The van der Waals surface area contributed by atoms with E-state index in [4.69, 9.17) is 4.52 Å². The average molecular weight is 327 g/mol. The molecule has 2 aromatic rings. The maximum Gasteiger partial charge on any atom is 0.405 e. The number of amides is 2. The Kier molecular flexibility index (Phi) is 4.68. The van der Waals surface area contributed by atoms with Crippen molar-refractivity contribution < 1.29 is 27.3 Å². The minimum Gasteiger partial charge on any atom is -0.361 e. The van der Waals surface area contributed by atoms with Crippen LogP contribution in [0, 0.1) is 6.92 Å². The van der Waals surface area contributed by atoms with Gasteiger partial charge in [-0.1, -0.05) is 17.3 Å². The minimum absolute atomic E-state index is 0.00648. The van der Waals surface area contributed by atoms with Gasteiger partial charge in [-0.15, -0.1) is 0 Å². The number of nitrogens with zero attached hydrogens (tertiary/aromatic N) is 1. The van der Waals surface area contributed by atoms with Crippen LogP contribution in [0.1, 0.15) is 26.6 Å². The molecule has 1 aromatic carbocycles. The fourth-order valence-electron chi connectivity index (χ4n) is 1.73. The molecule has 0 radical (unpaired) electrons. The first-order valence-electron chi connectivity index (χ1n) is 6.45. The zero-order valence-corrected chi connectivity index (χ0v) is 11.9. The molecule has 23 heavy (non-hydrogen) atoms. The Bertz CT molecular complexity index is 725. The molecule has 0 aliphatic heterocycles. The van der Waals surface area contributed by atoms with Gasteiger partial charge in [-0.25, -0.2) is 0 Å². The summed E-state index contributed by atoms with van der Waals surface area (Å²) in [5.41, 5.74) is -0.0313. The summed E-state index contributed by atoms with van der Waals surface area (Å²) in [6, 6.07) is 7.09. The van der Waals surface area contributed by atoms with E-state index in [1.165, 1.54) is 30.3 Å². The molecule has 0 fully saturated rings. The van der Waals surface area contributed by atoms with Crippen molar-refractivity contribution in [2.75, 3.05) is 11.9 Å². The van der Waals surface area contributed by atoms with Gasteiger partial charge in [-0.05, 0) is 19.1 Å². The largest absolute Gasteiger partial charge is 0.405 e. The van der Waals surface area contributed by atoms with E-state index in [0.29, 0.717) is 5.76 Å². The predicted octanol–water partition coefficient (Wildman–Crippen LogP) is 2.53. The molecule has 2 N–H and O–H groups in total. The van der Waals surface area contributed by atoms with Crippen LogP contribution in [-0.4, -0.2) is 29.7 Å². The van der Waals surface area contributed by atoms with Crippen LogP contribution in [0.3, 0.4) is 0 Å². The lowest BCUT2D eigenvalue weighted by atomic mass is 10.1. The number of hydrogen-bond donors (Lipinski definition) is 2. The normalized spacial score (nSPS) is 11.1. The molecule has 122 valence electrons. The number of carbonyl (C=O) groups excluding carboxylic acids is 2. The Balaban J connectivity index is 2.14. The maximum atomic E-state index is 12.2. The molecular formula is C14H12F3N3O3. The summed E-state index contributed by atoms with van der Waals surface area (Å²) in [5.74, 6) is -1.17. The number of anilines is 1. The average Bonchev–Trinajstić information content (AvgIpc) is 2.91. The number of aryl methyl sites for hydroxylation is 1. The molecule has 2 amide bonds. The second kappa shape index (κ2) is 6.51. The quantitative estimate of drug-likeness (QED) is 0.904. The highest BCUT2D eigenvalue weighted by atomic mass is 19.4. The van der Waals surface area contributed by atoms with Gasteiger partial charge in [0.15, 0.2) is 5.69 Å². The Labute approximate surface area is 128 Å². The Hall–Kier alpha value is -2.84. The summed E-state index contributed by atoms with van der Waals surface area (Å²) in [4.78, 5) is 23.8. The van der Waals surface area contributed by atoms with Gasteiger partial charge in [0.1, 0.15) is 12.3 Å². The molecule has 1 aromatic heterocycles. The Morgan fingerprint density at radius 1 is 1.22 bits per heavy atom. The smallest absolute Gasteiger partial charge is 0.361 e. The molecule has 0 unspecified atom stereocenters. The number of alkyl halides is 3. The van der Waals surface area contributed by atoms with Crippen molar-refractivity contribution in [3.63, 3.8) is 0 Å². The summed E-state index contributed by atoms with van der Waals surface area (Å²) < 4.78 is 41.3. The monoisotopic (exact) mass is 327 g/mol. The Morgan fingerprint density at radius 2 is 1.91 bits per heavy atom. The van der Waals surface area contributed by atoms with Crippen LogP contribution < -0.4 is 10.6 Å². The van der Waals surface area contributed by atoms with E-state index in [-0.39, 0.29) is 16.9 Å². The number of rotatable bonds is 4. The molecule has 6 nitrogen and oxygen atoms in total. The van der Waals surface area contributed by atoms with Gasteiger partial charge in [0.25, 0.3) is 11.8 Å². The topological polar surface area (TPSA) is 84.2 Å².